The summed E-state index contributed by atoms with van der Waals surface area (Å²) in [6, 6.07) is 12.2. The number of halogens is 2. The summed E-state index contributed by atoms with van der Waals surface area (Å²) in [5.74, 6) is -0.198. The van der Waals surface area contributed by atoms with Gasteiger partial charge in [0.05, 0.1) is 11.2 Å². The third kappa shape index (κ3) is 4.52. The van der Waals surface area contributed by atoms with Crippen molar-refractivity contribution in [2.75, 3.05) is 18.0 Å². The van der Waals surface area contributed by atoms with Crippen molar-refractivity contribution in [1.29, 1.82) is 5.41 Å². The number of rotatable bonds is 5. The quantitative estimate of drug-likeness (QED) is 0.217. The number of fused-ring (bicyclic) bond motifs is 2. The molecule has 8 nitrogen and oxygen atoms in total. The summed E-state index contributed by atoms with van der Waals surface area (Å²) in [5, 5.41) is 23.4. The fraction of sp³-hybridized carbons (Fsp3) is 0.222. The van der Waals surface area contributed by atoms with Gasteiger partial charge in [-0.15, -0.1) is 0 Å². The van der Waals surface area contributed by atoms with Gasteiger partial charge < -0.3 is 31.2 Å². The van der Waals surface area contributed by atoms with Crippen LogP contribution in [0.2, 0.25) is 5.02 Å². The Balaban J connectivity index is 1.80. The minimum Gasteiger partial charge on any atom is -0.508 e. The van der Waals surface area contributed by atoms with Crippen molar-refractivity contribution in [3.05, 3.63) is 65.3 Å². The lowest BCUT2D eigenvalue weighted by Crippen LogP contribution is -2.54. The number of aromatic nitrogens is 2. The van der Waals surface area contributed by atoms with E-state index in [1.54, 1.807) is 12.1 Å². The van der Waals surface area contributed by atoms with Crippen molar-refractivity contribution in [1.82, 2.24) is 15.3 Å². The fourth-order valence-electron chi connectivity index (χ4n) is 4.71. The third-order valence-corrected chi connectivity index (χ3v) is 6.81. The summed E-state index contributed by atoms with van der Waals surface area (Å²) in [6.45, 7) is 5.43. The van der Waals surface area contributed by atoms with Crippen molar-refractivity contribution in [3.63, 3.8) is 0 Å². The summed E-state index contributed by atoms with van der Waals surface area (Å²) >= 11 is 6.75. The lowest BCUT2D eigenvalue weighted by atomic mass is 9.96. The van der Waals surface area contributed by atoms with Gasteiger partial charge in [0, 0.05) is 42.3 Å². The van der Waals surface area contributed by atoms with E-state index in [-0.39, 0.29) is 45.7 Å². The maximum atomic E-state index is 16.5. The van der Waals surface area contributed by atoms with Gasteiger partial charge in [-0.25, -0.2) is 4.39 Å². The van der Waals surface area contributed by atoms with E-state index in [1.807, 2.05) is 31.2 Å². The molecule has 3 aromatic carbocycles. The van der Waals surface area contributed by atoms with Gasteiger partial charge in [0.2, 0.25) is 0 Å². The van der Waals surface area contributed by atoms with E-state index >= 15 is 4.39 Å². The predicted octanol–water partition coefficient (Wildman–Crippen LogP) is 4.96. The molecule has 10 heteroatoms. The first-order chi connectivity index (χ1) is 17.8. The van der Waals surface area contributed by atoms with E-state index in [1.165, 1.54) is 6.07 Å². The SMILES string of the molecule is C[C@@H]1CN(c2nc(O/C(C=N)=C/N)nc3c(F)c(-c4cc(O)cc5ccccc45)c(Cl)cc23)[C@@H](C)CN1. The maximum Gasteiger partial charge on any atom is 0.324 e. The molecule has 2 atom stereocenters. The lowest BCUT2D eigenvalue weighted by Gasteiger charge is -2.39. The molecule has 1 aliphatic rings. The smallest absolute Gasteiger partial charge is 0.324 e. The van der Waals surface area contributed by atoms with E-state index in [0.717, 1.165) is 23.2 Å². The van der Waals surface area contributed by atoms with E-state index in [2.05, 4.69) is 27.1 Å². The Morgan fingerprint density at radius 2 is 2.03 bits per heavy atom. The molecule has 5 N–H and O–H groups in total. The molecule has 37 heavy (non-hydrogen) atoms. The van der Waals surface area contributed by atoms with Crippen LogP contribution >= 0.6 is 11.6 Å². The van der Waals surface area contributed by atoms with Crippen molar-refractivity contribution in [2.45, 2.75) is 25.9 Å². The van der Waals surface area contributed by atoms with E-state index in [4.69, 9.17) is 27.5 Å². The van der Waals surface area contributed by atoms with Crippen molar-refractivity contribution >= 4 is 45.3 Å². The Kier molecular flexibility index (Phi) is 6.57. The van der Waals surface area contributed by atoms with Crippen LogP contribution in [0.4, 0.5) is 10.2 Å². The first kappa shape index (κ1) is 24.7. The van der Waals surface area contributed by atoms with E-state index in [9.17, 15) is 5.11 Å². The number of phenols is 1. The summed E-state index contributed by atoms with van der Waals surface area (Å²) in [6.07, 6.45) is 2.03. The Morgan fingerprint density at radius 1 is 1.24 bits per heavy atom. The minimum absolute atomic E-state index is 0.00608. The molecule has 190 valence electrons. The number of ether oxygens (including phenoxy) is 1. The van der Waals surface area contributed by atoms with E-state index < -0.39 is 5.82 Å². The Morgan fingerprint density at radius 3 is 2.78 bits per heavy atom. The zero-order valence-corrected chi connectivity index (χ0v) is 21.1. The highest BCUT2D eigenvalue weighted by Gasteiger charge is 2.29. The molecule has 0 unspecified atom stereocenters. The molecule has 1 fully saturated rings. The van der Waals surface area contributed by atoms with Gasteiger partial charge in [-0.1, -0.05) is 35.9 Å². The normalized spacial score (nSPS) is 18.4. The molecular formula is C27H26ClFN6O2. The fourth-order valence-corrected chi connectivity index (χ4v) is 5.00. The standard InChI is InChI=1S/C27H26ClFN6O2/c1-14-13-35(15(2)12-32-14)26-21-9-22(28)23(20-8-17(36)7-16-5-3-4-6-19(16)20)24(29)25(21)33-27(34-26)37-18(10-30)11-31/h3-11,14-15,30,32,36H,12-13,31H2,1-2H3/b18-11+,30-10?/t14-,15+/m1/s1. The highest BCUT2D eigenvalue weighted by atomic mass is 35.5. The second-order valence-electron chi connectivity index (χ2n) is 9.11. The molecular weight excluding hydrogens is 495 g/mol. The Hall–Kier alpha value is -3.95. The van der Waals surface area contributed by atoms with Gasteiger partial charge in [-0.3, -0.25) is 0 Å². The topological polar surface area (TPSA) is 120 Å². The van der Waals surface area contributed by atoms with Crippen LogP contribution in [0.15, 0.2) is 54.4 Å². The number of nitrogens with two attached hydrogens (primary N) is 1. The van der Waals surface area contributed by atoms with Crippen LogP contribution in [-0.2, 0) is 0 Å². The number of hydrogen-bond donors (Lipinski definition) is 4. The summed E-state index contributed by atoms with van der Waals surface area (Å²) in [4.78, 5) is 11.0. The number of nitrogens with one attached hydrogen (secondary N) is 2. The number of nitrogens with zero attached hydrogens (tertiary/aromatic N) is 3. The number of anilines is 1. The van der Waals surface area contributed by atoms with Gasteiger partial charge in [0.25, 0.3) is 0 Å². The zero-order valence-electron chi connectivity index (χ0n) is 20.3. The molecule has 1 aliphatic heterocycles. The summed E-state index contributed by atoms with van der Waals surface area (Å²) in [7, 11) is 0. The van der Waals surface area contributed by atoms with Gasteiger partial charge in [0.15, 0.2) is 11.6 Å². The first-order valence-electron chi connectivity index (χ1n) is 11.8. The van der Waals surface area contributed by atoms with Gasteiger partial charge in [0.1, 0.15) is 17.1 Å². The number of aromatic hydroxyl groups is 1. The Labute approximate surface area is 218 Å². The van der Waals surface area contributed by atoms with Crippen LogP contribution in [0, 0.1) is 11.2 Å². The molecule has 0 spiro atoms. The molecule has 0 aliphatic carbocycles. The van der Waals surface area contributed by atoms with E-state index in [0.29, 0.717) is 29.9 Å². The Bertz CT molecular complexity index is 1560. The summed E-state index contributed by atoms with van der Waals surface area (Å²) < 4.78 is 22.1. The van der Waals surface area contributed by atoms with Crippen LogP contribution in [0.1, 0.15) is 13.8 Å². The molecule has 4 aromatic rings. The monoisotopic (exact) mass is 520 g/mol. The second kappa shape index (κ2) is 9.84. The average Bonchev–Trinajstić information content (AvgIpc) is 2.88. The minimum atomic E-state index is -0.671. The van der Waals surface area contributed by atoms with Crippen LogP contribution in [0.5, 0.6) is 11.8 Å². The third-order valence-electron chi connectivity index (χ3n) is 6.51. The second-order valence-corrected chi connectivity index (χ2v) is 9.52. The largest absolute Gasteiger partial charge is 0.508 e. The number of benzene rings is 3. The summed E-state index contributed by atoms with van der Waals surface area (Å²) in [5.41, 5.74) is 6.11. The van der Waals surface area contributed by atoms with Gasteiger partial charge in [-0.2, -0.15) is 9.97 Å². The zero-order chi connectivity index (χ0) is 26.3. The maximum absolute atomic E-state index is 16.5. The van der Waals surface area contributed by atoms with Crippen LogP contribution in [0.3, 0.4) is 0 Å². The van der Waals surface area contributed by atoms with Crippen molar-refractivity contribution < 1.29 is 14.2 Å². The van der Waals surface area contributed by atoms with Crippen molar-refractivity contribution in [2.24, 2.45) is 5.73 Å². The van der Waals surface area contributed by atoms with Crippen molar-refractivity contribution in [3.8, 4) is 22.9 Å². The van der Waals surface area contributed by atoms with Gasteiger partial charge in [-0.05, 0) is 48.4 Å². The highest BCUT2D eigenvalue weighted by molar-refractivity contribution is 6.35. The van der Waals surface area contributed by atoms with Crippen LogP contribution in [-0.4, -0.2) is 46.5 Å². The molecule has 0 amide bonds. The first-order valence-corrected chi connectivity index (χ1v) is 12.2. The molecule has 0 radical (unpaired) electrons. The van der Waals surface area contributed by atoms with Crippen LogP contribution < -0.4 is 20.7 Å². The molecule has 0 bridgehead atoms. The lowest BCUT2D eigenvalue weighted by molar-refractivity contribution is 0.407. The molecule has 5 rings (SSSR count). The number of piperazine rings is 1. The van der Waals surface area contributed by atoms with Gasteiger partial charge >= 0.3 is 6.01 Å². The number of phenolic OH excluding ortho intramolecular Hbond substituents is 1. The molecule has 0 saturated carbocycles. The number of hydrogen-bond acceptors (Lipinski definition) is 8. The molecule has 1 aromatic heterocycles. The highest BCUT2D eigenvalue weighted by Crippen LogP contribution is 2.42. The molecule has 2 heterocycles. The number of allylic oxidation sites excluding steroid dienone is 1. The predicted molar refractivity (Wildman–Crippen MR) is 145 cm³/mol. The van der Waals surface area contributed by atoms with Crippen LogP contribution in [0.25, 0.3) is 32.8 Å². The molecule has 1 saturated heterocycles. The average molecular weight is 521 g/mol.